The highest BCUT2D eigenvalue weighted by atomic mass is 35.5. The number of carboxylic acids is 1. The molecule has 0 saturated carbocycles. The molecule has 3 rings (SSSR count). The van der Waals surface area contributed by atoms with Crippen LogP contribution in [0.5, 0.6) is 0 Å². The van der Waals surface area contributed by atoms with E-state index in [0.717, 1.165) is 27.8 Å². The molecule has 0 fully saturated rings. The minimum atomic E-state index is -0.868. The molecule has 0 aliphatic carbocycles. The molecule has 25 heavy (non-hydrogen) atoms. The van der Waals surface area contributed by atoms with Crippen molar-refractivity contribution in [2.45, 2.75) is 19.8 Å². The van der Waals surface area contributed by atoms with Crippen LogP contribution in [0.3, 0.4) is 0 Å². The van der Waals surface area contributed by atoms with Gasteiger partial charge in [0.2, 0.25) is 0 Å². The monoisotopic (exact) mass is 355 g/mol. The van der Waals surface area contributed by atoms with E-state index in [4.69, 9.17) is 16.7 Å². The Morgan fingerprint density at radius 2 is 1.88 bits per heavy atom. The Balaban J connectivity index is 2.45. The van der Waals surface area contributed by atoms with Crippen LogP contribution in [-0.2, 0) is 18.3 Å². The van der Waals surface area contributed by atoms with Crippen molar-refractivity contribution < 1.29 is 9.90 Å². The van der Waals surface area contributed by atoms with Crippen LogP contribution in [0.25, 0.3) is 22.0 Å². The van der Waals surface area contributed by atoms with Gasteiger partial charge in [-0.3, -0.25) is 9.59 Å². The second-order valence-electron chi connectivity index (χ2n) is 6.10. The highest BCUT2D eigenvalue weighted by molar-refractivity contribution is 6.31. The first-order valence-electron chi connectivity index (χ1n) is 7.99. The molecule has 0 saturated heterocycles. The van der Waals surface area contributed by atoms with Gasteiger partial charge in [-0.15, -0.1) is 0 Å². The van der Waals surface area contributed by atoms with Gasteiger partial charge in [0.15, 0.2) is 0 Å². The van der Waals surface area contributed by atoms with Crippen LogP contribution >= 0.6 is 11.6 Å². The van der Waals surface area contributed by atoms with E-state index >= 15 is 0 Å². The maximum absolute atomic E-state index is 12.9. The van der Waals surface area contributed by atoms with Crippen LogP contribution in [0.2, 0.25) is 5.02 Å². The van der Waals surface area contributed by atoms with E-state index < -0.39 is 5.97 Å². The topological polar surface area (TPSA) is 59.3 Å². The quantitative estimate of drug-likeness (QED) is 0.763. The van der Waals surface area contributed by atoms with Crippen LogP contribution in [0, 0.1) is 6.92 Å². The van der Waals surface area contributed by atoms with Crippen molar-refractivity contribution in [3.63, 3.8) is 0 Å². The number of carbonyl (C=O) groups is 1. The third-order valence-corrected chi connectivity index (χ3v) is 4.61. The van der Waals surface area contributed by atoms with Crippen molar-refractivity contribution in [3.8, 4) is 11.3 Å². The number of halogens is 1. The summed E-state index contributed by atoms with van der Waals surface area (Å²) in [5.74, 6) is -0.868. The maximum Gasteiger partial charge on any atom is 0.303 e. The molecule has 0 aliphatic heterocycles. The summed E-state index contributed by atoms with van der Waals surface area (Å²) in [6.07, 6.45) is 0.335. The summed E-state index contributed by atoms with van der Waals surface area (Å²) in [6.45, 7) is 1.90. The standard InChI is InChI=1S/C20H18ClNO3/c1-12-10-14(21)11-16-18(12)15(8-9-17(23)24)19(22(2)20(16)25)13-6-4-3-5-7-13/h3-7,10-11H,8-9H2,1-2H3,(H,23,24). The van der Waals surface area contributed by atoms with Gasteiger partial charge in [0.05, 0.1) is 5.69 Å². The number of fused-ring (bicyclic) bond motifs is 1. The first kappa shape index (κ1) is 17.2. The summed E-state index contributed by atoms with van der Waals surface area (Å²) in [4.78, 5) is 24.1. The molecular weight excluding hydrogens is 338 g/mol. The van der Waals surface area contributed by atoms with Gasteiger partial charge in [-0.25, -0.2) is 0 Å². The Hall–Kier alpha value is -2.59. The molecule has 0 radical (unpaired) electrons. The minimum Gasteiger partial charge on any atom is -0.481 e. The molecule has 5 heteroatoms. The SMILES string of the molecule is Cc1cc(Cl)cc2c(=O)n(C)c(-c3ccccc3)c(CCC(=O)O)c12. The zero-order valence-corrected chi connectivity index (χ0v) is 14.8. The second-order valence-corrected chi connectivity index (χ2v) is 6.53. The molecule has 2 aromatic carbocycles. The average molecular weight is 356 g/mol. The summed E-state index contributed by atoms with van der Waals surface area (Å²) in [5.41, 5.74) is 3.24. The number of carboxylic acid groups (broad SMARTS) is 1. The number of aryl methyl sites for hydroxylation is 2. The molecule has 1 heterocycles. The number of nitrogens with zero attached hydrogens (tertiary/aromatic N) is 1. The van der Waals surface area contributed by atoms with Crippen LogP contribution in [-0.4, -0.2) is 15.6 Å². The largest absolute Gasteiger partial charge is 0.481 e. The molecule has 0 spiro atoms. The number of pyridine rings is 1. The molecule has 128 valence electrons. The molecule has 0 amide bonds. The van der Waals surface area contributed by atoms with E-state index in [1.54, 1.807) is 17.7 Å². The molecule has 0 unspecified atom stereocenters. The summed E-state index contributed by atoms with van der Waals surface area (Å²) in [6, 6.07) is 13.0. The Bertz CT molecular complexity index is 1020. The predicted molar refractivity (Wildman–Crippen MR) is 100 cm³/mol. The van der Waals surface area contributed by atoms with Crippen LogP contribution in [0.15, 0.2) is 47.3 Å². The van der Waals surface area contributed by atoms with Crippen molar-refractivity contribution in [3.05, 3.63) is 69.0 Å². The molecule has 0 bridgehead atoms. The Morgan fingerprint density at radius 1 is 1.20 bits per heavy atom. The van der Waals surface area contributed by atoms with E-state index in [9.17, 15) is 9.59 Å². The number of aromatic nitrogens is 1. The number of rotatable bonds is 4. The summed E-state index contributed by atoms with van der Waals surface area (Å²) in [5, 5.41) is 11.0. The normalized spacial score (nSPS) is 11.0. The molecule has 0 atom stereocenters. The number of benzene rings is 2. The van der Waals surface area contributed by atoms with Crippen LogP contribution in [0.1, 0.15) is 17.5 Å². The summed E-state index contributed by atoms with van der Waals surface area (Å²) < 4.78 is 1.59. The fourth-order valence-electron chi connectivity index (χ4n) is 3.35. The van der Waals surface area contributed by atoms with E-state index in [-0.39, 0.29) is 12.0 Å². The van der Waals surface area contributed by atoms with Gasteiger partial charge in [0, 0.05) is 23.9 Å². The van der Waals surface area contributed by atoms with Gasteiger partial charge in [-0.2, -0.15) is 0 Å². The van der Waals surface area contributed by atoms with Crippen LogP contribution < -0.4 is 5.56 Å². The van der Waals surface area contributed by atoms with Gasteiger partial charge >= 0.3 is 5.97 Å². The lowest BCUT2D eigenvalue weighted by Gasteiger charge is -2.19. The van der Waals surface area contributed by atoms with Gasteiger partial charge in [0.1, 0.15) is 0 Å². The molecule has 3 aromatic rings. The van der Waals surface area contributed by atoms with E-state index in [0.29, 0.717) is 16.8 Å². The van der Waals surface area contributed by atoms with Crippen molar-refractivity contribution in [1.82, 2.24) is 4.57 Å². The lowest BCUT2D eigenvalue weighted by atomic mass is 9.93. The third-order valence-electron chi connectivity index (χ3n) is 4.39. The van der Waals surface area contributed by atoms with Gasteiger partial charge < -0.3 is 9.67 Å². The van der Waals surface area contributed by atoms with Crippen molar-refractivity contribution in [2.75, 3.05) is 0 Å². The minimum absolute atomic E-state index is 0.00476. The molecule has 1 N–H and O–H groups in total. The average Bonchev–Trinajstić information content (AvgIpc) is 2.57. The van der Waals surface area contributed by atoms with Gasteiger partial charge in [-0.05, 0) is 47.6 Å². The van der Waals surface area contributed by atoms with Crippen LogP contribution in [0.4, 0.5) is 0 Å². The summed E-state index contributed by atoms with van der Waals surface area (Å²) >= 11 is 6.14. The molecule has 0 aliphatic rings. The van der Waals surface area contributed by atoms with Gasteiger partial charge in [0.25, 0.3) is 5.56 Å². The third kappa shape index (κ3) is 3.17. The van der Waals surface area contributed by atoms with Crippen molar-refractivity contribution >= 4 is 28.3 Å². The van der Waals surface area contributed by atoms with Crippen molar-refractivity contribution in [1.29, 1.82) is 0 Å². The lowest BCUT2D eigenvalue weighted by molar-refractivity contribution is -0.136. The smallest absolute Gasteiger partial charge is 0.303 e. The first-order valence-corrected chi connectivity index (χ1v) is 8.37. The number of hydrogen-bond donors (Lipinski definition) is 1. The zero-order valence-electron chi connectivity index (χ0n) is 14.0. The maximum atomic E-state index is 12.9. The fraction of sp³-hybridized carbons (Fsp3) is 0.200. The van der Waals surface area contributed by atoms with Crippen molar-refractivity contribution in [2.24, 2.45) is 7.05 Å². The zero-order chi connectivity index (χ0) is 18.1. The van der Waals surface area contributed by atoms with E-state index in [1.165, 1.54) is 0 Å². The number of aliphatic carboxylic acids is 1. The highest BCUT2D eigenvalue weighted by Crippen LogP contribution is 2.32. The Morgan fingerprint density at radius 3 is 2.52 bits per heavy atom. The summed E-state index contributed by atoms with van der Waals surface area (Å²) in [7, 11) is 1.71. The number of hydrogen-bond acceptors (Lipinski definition) is 2. The fourth-order valence-corrected chi connectivity index (χ4v) is 3.63. The molecular formula is C20H18ClNO3. The van der Waals surface area contributed by atoms with E-state index in [2.05, 4.69) is 0 Å². The van der Waals surface area contributed by atoms with E-state index in [1.807, 2.05) is 43.3 Å². The predicted octanol–water partition coefficient (Wildman–Crippen LogP) is 4.18. The lowest BCUT2D eigenvalue weighted by Crippen LogP contribution is -2.21. The first-order chi connectivity index (χ1) is 11.9. The molecule has 1 aromatic heterocycles. The Kier molecular flexibility index (Phi) is 4.64. The van der Waals surface area contributed by atoms with Gasteiger partial charge in [-0.1, -0.05) is 41.9 Å². The highest BCUT2D eigenvalue weighted by Gasteiger charge is 2.19. The Labute approximate surface area is 150 Å². The molecule has 4 nitrogen and oxygen atoms in total. The second kappa shape index (κ2) is 6.73.